The van der Waals surface area contributed by atoms with Crippen LogP contribution in [0, 0.1) is 5.92 Å². The van der Waals surface area contributed by atoms with Crippen LogP contribution in [0.4, 0.5) is 5.69 Å². The van der Waals surface area contributed by atoms with Crippen LogP contribution in [0.25, 0.3) is 10.9 Å². The van der Waals surface area contributed by atoms with Crippen LogP contribution in [0.5, 0.6) is 0 Å². The summed E-state index contributed by atoms with van der Waals surface area (Å²) in [7, 11) is 0. The van der Waals surface area contributed by atoms with Gasteiger partial charge in [-0.05, 0) is 36.6 Å². The summed E-state index contributed by atoms with van der Waals surface area (Å²) in [6, 6.07) is 7.70. The molecule has 0 spiro atoms. The molecule has 0 fully saturated rings. The molecule has 0 radical (unpaired) electrons. The highest BCUT2D eigenvalue weighted by Crippen LogP contribution is 2.24. The van der Waals surface area contributed by atoms with Crippen molar-refractivity contribution in [3.8, 4) is 0 Å². The predicted octanol–water partition coefficient (Wildman–Crippen LogP) is 4.95. The predicted molar refractivity (Wildman–Crippen MR) is 84.3 cm³/mol. The van der Waals surface area contributed by atoms with Gasteiger partial charge in [0.25, 0.3) is 0 Å². The number of alkyl halides is 1. The Kier molecular flexibility index (Phi) is 4.89. The number of nitrogens with one attached hydrogen (secondary N) is 1. The summed E-state index contributed by atoms with van der Waals surface area (Å²) < 4.78 is 0. The molecule has 1 aromatic carbocycles. The van der Waals surface area contributed by atoms with Crippen molar-refractivity contribution in [2.45, 2.75) is 25.6 Å². The fraction of sp³-hybridized carbons (Fsp3) is 0.400. The Morgan fingerprint density at radius 3 is 2.79 bits per heavy atom. The second-order valence-electron chi connectivity index (χ2n) is 5.13. The zero-order valence-corrected chi connectivity index (χ0v) is 12.7. The molecular formula is C15H18Cl2N2. The summed E-state index contributed by atoms with van der Waals surface area (Å²) in [6.07, 6.45) is 2.79. The summed E-state index contributed by atoms with van der Waals surface area (Å²) in [5.74, 6) is 0.609. The van der Waals surface area contributed by atoms with Crippen molar-refractivity contribution in [2.24, 2.45) is 5.92 Å². The van der Waals surface area contributed by atoms with Crippen molar-refractivity contribution in [3.63, 3.8) is 0 Å². The normalized spacial score (nSPS) is 12.9. The molecule has 1 N–H and O–H groups in total. The van der Waals surface area contributed by atoms with Gasteiger partial charge in [0.15, 0.2) is 0 Å². The second-order valence-corrected chi connectivity index (χ2v) is 6.18. The average molecular weight is 297 g/mol. The summed E-state index contributed by atoms with van der Waals surface area (Å²) in [6.45, 7) is 5.11. The fourth-order valence-corrected chi connectivity index (χ4v) is 2.69. The van der Waals surface area contributed by atoms with E-state index in [0.717, 1.165) is 29.6 Å². The smallest absolute Gasteiger partial charge is 0.0737 e. The minimum Gasteiger partial charge on any atom is -0.383 e. The van der Waals surface area contributed by atoms with E-state index < -0.39 is 0 Å². The largest absolute Gasteiger partial charge is 0.383 e. The van der Waals surface area contributed by atoms with Gasteiger partial charge in [-0.1, -0.05) is 25.4 Å². The highest BCUT2D eigenvalue weighted by Gasteiger charge is 2.08. The van der Waals surface area contributed by atoms with Gasteiger partial charge < -0.3 is 5.32 Å². The Morgan fingerprint density at radius 1 is 1.26 bits per heavy atom. The minimum absolute atomic E-state index is 0.135. The molecule has 0 saturated heterocycles. The van der Waals surface area contributed by atoms with E-state index in [9.17, 15) is 0 Å². The van der Waals surface area contributed by atoms with Crippen LogP contribution in [-0.2, 0) is 0 Å². The zero-order valence-electron chi connectivity index (χ0n) is 11.2. The first-order valence-electron chi connectivity index (χ1n) is 6.48. The van der Waals surface area contributed by atoms with Gasteiger partial charge in [-0.2, -0.15) is 0 Å². The summed E-state index contributed by atoms with van der Waals surface area (Å²) >= 11 is 12.3. The van der Waals surface area contributed by atoms with Gasteiger partial charge in [0.1, 0.15) is 0 Å². The van der Waals surface area contributed by atoms with Crippen molar-refractivity contribution >= 4 is 39.8 Å². The third kappa shape index (κ3) is 3.99. The van der Waals surface area contributed by atoms with E-state index in [4.69, 9.17) is 23.2 Å². The Balaban J connectivity index is 2.12. The number of halogens is 2. The maximum absolute atomic E-state index is 6.30. The van der Waals surface area contributed by atoms with Crippen LogP contribution in [0.15, 0.2) is 30.5 Å². The molecule has 1 atom stereocenters. The van der Waals surface area contributed by atoms with Crippen LogP contribution in [-0.4, -0.2) is 16.9 Å². The molecule has 0 aliphatic heterocycles. The van der Waals surface area contributed by atoms with Crippen LogP contribution in [0.1, 0.15) is 20.3 Å². The van der Waals surface area contributed by atoms with E-state index >= 15 is 0 Å². The van der Waals surface area contributed by atoms with E-state index in [0.29, 0.717) is 10.9 Å². The van der Waals surface area contributed by atoms with Crippen molar-refractivity contribution in [1.29, 1.82) is 0 Å². The van der Waals surface area contributed by atoms with E-state index in [-0.39, 0.29) is 5.38 Å². The number of benzene rings is 1. The van der Waals surface area contributed by atoms with E-state index in [1.165, 1.54) is 0 Å². The number of pyridine rings is 1. The van der Waals surface area contributed by atoms with Gasteiger partial charge in [-0.3, -0.25) is 4.98 Å². The standard InChI is InChI=1S/C15H18Cl2N2/c1-10(2)7-12(17)9-19-14-5-6-18-15-8-11(16)3-4-13(14)15/h3-6,8,10,12H,7,9H2,1-2H3,(H,18,19). The highest BCUT2D eigenvalue weighted by molar-refractivity contribution is 6.31. The number of nitrogens with zero attached hydrogens (tertiary/aromatic N) is 1. The molecule has 0 aliphatic rings. The lowest BCUT2D eigenvalue weighted by Crippen LogP contribution is -2.16. The van der Waals surface area contributed by atoms with Gasteiger partial charge >= 0.3 is 0 Å². The lowest BCUT2D eigenvalue weighted by Gasteiger charge is -2.15. The molecule has 0 amide bonds. The SMILES string of the molecule is CC(C)CC(Cl)CNc1ccnc2cc(Cl)ccc12. The number of hydrogen-bond donors (Lipinski definition) is 1. The first kappa shape index (κ1) is 14.4. The van der Waals surface area contributed by atoms with Crippen molar-refractivity contribution in [1.82, 2.24) is 4.98 Å². The van der Waals surface area contributed by atoms with Crippen LogP contribution in [0.2, 0.25) is 5.02 Å². The lowest BCUT2D eigenvalue weighted by molar-refractivity contribution is 0.572. The molecular weight excluding hydrogens is 279 g/mol. The molecule has 2 rings (SSSR count). The lowest BCUT2D eigenvalue weighted by atomic mass is 10.1. The molecule has 1 aromatic heterocycles. The van der Waals surface area contributed by atoms with Crippen LogP contribution < -0.4 is 5.32 Å². The van der Waals surface area contributed by atoms with Crippen molar-refractivity contribution in [2.75, 3.05) is 11.9 Å². The molecule has 2 aromatic rings. The van der Waals surface area contributed by atoms with Crippen molar-refractivity contribution < 1.29 is 0 Å². The summed E-state index contributed by atoms with van der Waals surface area (Å²) in [5.41, 5.74) is 1.95. The summed E-state index contributed by atoms with van der Waals surface area (Å²) in [4.78, 5) is 4.32. The number of anilines is 1. The topological polar surface area (TPSA) is 24.9 Å². The maximum atomic E-state index is 6.30. The molecule has 0 bridgehead atoms. The zero-order chi connectivity index (χ0) is 13.8. The number of hydrogen-bond acceptors (Lipinski definition) is 2. The minimum atomic E-state index is 0.135. The summed E-state index contributed by atoms with van der Waals surface area (Å²) in [5, 5.41) is 5.30. The van der Waals surface area contributed by atoms with E-state index in [1.54, 1.807) is 6.20 Å². The van der Waals surface area contributed by atoms with Crippen LogP contribution in [0.3, 0.4) is 0 Å². The molecule has 4 heteroatoms. The first-order valence-corrected chi connectivity index (χ1v) is 7.30. The van der Waals surface area contributed by atoms with Gasteiger partial charge in [0, 0.05) is 28.8 Å². The molecule has 0 aliphatic carbocycles. The van der Waals surface area contributed by atoms with Gasteiger partial charge in [-0.25, -0.2) is 0 Å². The van der Waals surface area contributed by atoms with Gasteiger partial charge in [0.2, 0.25) is 0 Å². The monoisotopic (exact) mass is 296 g/mol. The average Bonchev–Trinajstić information content (AvgIpc) is 2.35. The Hall–Kier alpha value is -0.990. The Labute approximate surface area is 124 Å². The highest BCUT2D eigenvalue weighted by atomic mass is 35.5. The quantitative estimate of drug-likeness (QED) is 0.789. The Bertz CT molecular complexity index is 555. The molecule has 1 heterocycles. The fourth-order valence-electron chi connectivity index (χ4n) is 2.09. The molecule has 0 saturated carbocycles. The Morgan fingerprint density at radius 2 is 2.05 bits per heavy atom. The molecule has 2 nitrogen and oxygen atoms in total. The third-order valence-corrected chi connectivity index (χ3v) is 3.51. The molecule has 1 unspecified atom stereocenters. The van der Waals surface area contributed by atoms with Crippen molar-refractivity contribution in [3.05, 3.63) is 35.5 Å². The maximum Gasteiger partial charge on any atom is 0.0737 e. The number of fused-ring (bicyclic) bond motifs is 1. The molecule has 102 valence electrons. The van der Waals surface area contributed by atoms with Gasteiger partial charge in [0.05, 0.1) is 10.9 Å². The first-order chi connectivity index (χ1) is 9.06. The third-order valence-electron chi connectivity index (χ3n) is 2.95. The second kappa shape index (κ2) is 6.44. The number of rotatable bonds is 5. The van der Waals surface area contributed by atoms with Gasteiger partial charge in [-0.15, -0.1) is 11.6 Å². The van der Waals surface area contributed by atoms with Crippen LogP contribution >= 0.6 is 23.2 Å². The van der Waals surface area contributed by atoms with E-state index in [1.807, 2.05) is 24.3 Å². The van der Waals surface area contributed by atoms with E-state index in [2.05, 4.69) is 24.1 Å². The molecule has 19 heavy (non-hydrogen) atoms. The number of aromatic nitrogens is 1.